The first-order valence-corrected chi connectivity index (χ1v) is 9.49. The quantitative estimate of drug-likeness (QED) is 0.854. The Hall–Kier alpha value is -1.43. The van der Waals surface area contributed by atoms with Crippen molar-refractivity contribution < 1.29 is 9.53 Å². The summed E-state index contributed by atoms with van der Waals surface area (Å²) < 4.78 is 7.22. The van der Waals surface area contributed by atoms with Crippen LogP contribution in [0.5, 0.6) is 0 Å². The molecule has 3 heterocycles. The monoisotopic (exact) mass is 344 g/mol. The summed E-state index contributed by atoms with van der Waals surface area (Å²) in [5, 5.41) is 3.35. The molecule has 2 aliphatic heterocycles. The molecule has 24 heavy (non-hydrogen) atoms. The van der Waals surface area contributed by atoms with E-state index in [2.05, 4.69) is 36.5 Å². The van der Waals surface area contributed by atoms with Crippen molar-refractivity contribution in [2.24, 2.45) is 11.8 Å². The van der Waals surface area contributed by atoms with Crippen molar-refractivity contribution in [1.82, 2.24) is 9.80 Å². The van der Waals surface area contributed by atoms with Crippen LogP contribution >= 0.6 is 11.3 Å². The Bertz CT molecular complexity index is 742. The van der Waals surface area contributed by atoms with Gasteiger partial charge in [-0.15, -0.1) is 11.3 Å². The number of fused-ring (bicyclic) bond motifs is 2. The van der Waals surface area contributed by atoms with Crippen molar-refractivity contribution >= 4 is 27.3 Å². The van der Waals surface area contributed by atoms with E-state index >= 15 is 0 Å². The van der Waals surface area contributed by atoms with Crippen molar-refractivity contribution in [3.8, 4) is 0 Å². The number of carbonyl (C=O) groups excluding carboxylic acids is 1. The standard InChI is InChI=1S/C19H24N2O2S/c1-20(2)8-14-11-23-17-10-21(9-16(14)17)19(22)7-13-12-24-18-6-4-3-5-15(13)18/h3-6,12,14,16-17H,7-11H2,1-2H3/t14-,16-,17-/m1/s1. The molecule has 0 aliphatic carbocycles. The molecule has 1 amide bonds. The molecular formula is C19H24N2O2S. The lowest BCUT2D eigenvalue weighted by Gasteiger charge is -2.22. The maximum atomic E-state index is 12.8. The van der Waals surface area contributed by atoms with E-state index in [1.165, 1.54) is 10.1 Å². The van der Waals surface area contributed by atoms with Gasteiger partial charge in [0.1, 0.15) is 0 Å². The average Bonchev–Trinajstić information content (AvgIpc) is 3.23. The van der Waals surface area contributed by atoms with Gasteiger partial charge in [0.15, 0.2) is 0 Å². The van der Waals surface area contributed by atoms with Gasteiger partial charge in [0.05, 0.1) is 19.1 Å². The number of benzene rings is 1. The van der Waals surface area contributed by atoms with Crippen LogP contribution in [0.1, 0.15) is 5.56 Å². The summed E-state index contributed by atoms with van der Waals surface area (Å²) in [5.41, 5.74) is 1.16. The minimum Gasteiger partial charge on any atom is -0.376 e. The third-order valence-corrected chi connectivity index (χ3v) is 6.31. The second-order valence-corrected chi connectivity index (χ2v) is 8.20. The number of carbonyl (C=O) groups is 1. The summed E-state index contributed by atoms with van der Waals surface area (Å²) in [6.45, 7) is 3.49. The molecule has 2 aromatic rings. The third kappa shape index (κ3) is 2.96. The Morgan fingerprint density at radius 3 is 3.00 bits per heavy atom. The molecule has 1 aromatic heterocycles. The van der Waals surface area contributed by atoms with Gasteiger partial charge in [0.2, 0.25) is 5.91 Å². The van der Waals surface area contributed by atoms with Crippen molar-refractivity contribution in [2.45, 2.75) is 12.5 Å². The maximum absolute atomic E-state index is 12.8. The fourth-order valence-corrected chi connectivity index (χ4v) is 5.07. The van der Waals surface area contributed by atoms with Crippen LogP contribution < -0.4 is 0 Å². The van der Waals surface area contributed by atoms with Gasteiger partial charge in [0, 0.05) is 36.2 Å². The molecule has 4 nitrogen and oxygen atoms in total. The molecule has 1 aromatic carbocycles. The van der Waals surface area contributed by atoms with E-state index in [1.54, 1.807) is 11.3 Å². The van der Waals surface area contributed by atoms with Gasteiger partial charge in [-0.2, -0.15) is 0 Å². The van der Waals surface area contributed by atoms with E-state index < -0.39 is 0 Å². The summed E-state index contributed by atoms with van der Waals surface area (Å²) in [6.07, 6.45) is 0.736. The van der Waals surface area contributed by atoms with Crippen LogP contribution in [0.25, 0.3) is 10.1 Å². The van der Waals surface area contributed by atoms with Crippen LogP contribution in [0.3, 0.4) is 0 Å². The molecule has 0 spiro atoms. The molecule has 0 radical (unpaired) electrons. The number of nitrogens with zero attached hydrogens (tertiary/aromatic N) is 2. The molecule has 5 heteroatoms. The molecule has 2 aliphatic rings. The Kier molecular flexibility index (Phi) is 4.33. The van der Waals surface area contributed by atoms with Gasteiger partial charge in [-0.05, 0) is 36.5 Å². The molecule has 128 valence electrons. The molecule has 3 atom stereocenters. The van der Waals surface area contributed by atoms with E-state index in [1.807, 2.05) is 17.0 Å². The lowest BCUT2D eigenvalue weighted by molar-refractivity contribution is -0.130. The zero-order chi connectivity index (χ0) is 16.7. The number of thiophene rings is 1. The zero-order valence-electron chi connectivity index (χ0n) is 14.3. The van der Waals surface area contributed by atoms with Gasteiger partial charge in [-0.1, -0.05) is 18.2 Å². The molecule has 0 N–H and O–H groups in total. The Morgan fingerprint density at radius 2 is 2.17 bits per heavy atom. The summed E-state index contributed by atoms with van der Waals surface area (Å²) in [7, 11) is 4.21. The van der Waals surface area contributed by atoms with E-state index in [9.17, 15) is 4.79 Å². The molecule has 0 bridgehead atoms. The van der Waals surface area contributed by atoms with E-state index in [-0.39, 0.29) is 12.0 Å². The van der Waals surface area contributed by atoms with Crippen molar-refractivity contribution in [3.63, 3.8) is 0 Å². The van der Waals surface area contributed by atoms with Gasteiger partial charge in [-0.25, -0.2) is 0 Å². The lowest BCUT2D eigenvalue weighted by Crippen LogP contribution is -2.34. The van der Waals surface area contributed by atoms with Crippen molar-refractivity contribution in [3.05, 3.63) is 35.2 Å². The minimum atomic E-state index is 0.234. The predicted molar refractivity (Wildman–Crippen MR) is 97.4 cm³/mol. The van der Waals surface area contributed by atoms with Crippen molar-refractivity contribution in [2.75, 3.05) is 40.3 Å². The summed E-state index contributed by atoms with van der Waals surface area (Å²) in [5.74, 6) is 1.28. The Morgan fingerprint density at radius 1 is 1.33 bits per heavy atom. The zero-order valence-corrected chi connectivity index (χ0v) is 15.1. The van der Waals surface area contributed by atoms with Crippen LogP contribution in [-0.4, -0.2) is 62.1 Å². The van der Waals surface area contributed by atoms with Gasteiger partial charge < -0.3 is 14.5 Å². The second kappa shape index (κ2) is 6.47. The topological polar surface area (TPSA) is 32.8 Å². The molecule has 2 fully saturated rings. The van der Waals surface area contributed by atoms with Crippen LogP contribution in [0, 0.1) is 11.8 Å². The lowest BCUT2D eigenvalue weighted by atomic mass is 9.93. The largest absolute Gasteiger partial charge is 0.376 e. The molecule has 0 saturated carbocycles. The van der Waals surface area contributed by atoms with E-state index in [0.717, 1.165) is 31.8 Å². The number of hydrogen-bond donors (Lipinski definition) is 0. The summed E-state index contributed by atoms with van der Waals surface area (Å²) in [4.78, 5) is 17.0. The van der Waals surface area contributed by atoms with Crippen LogP contribution in [0.4, 0.5) is 0 Å². The predicted octanol–water partition coefficient (Wildman–Crippen LogP) is 2.48. The molecular weight excluding hydrogens is 320 g/mol. The van der Waals surface area contributed by atoms with Gasteiger partial charge in [-0.3, -0.25) is 4.79 Å². The van der Waals surface area contributed by atoms with Crippen molar-refractivity contribution in [1.29, 1.82) is 0 Å². The minimum absolute atomic E-state index is 0.234. The number of amides is 1. The number of rotatable bonds is 4. The second-order valence-electron chi connectivity index (χ2n) is 7.29. The fraction of sp³-hybridized carbons (Fsp3) is 0.526. The average molecular weight is 344 g/mol. The number of hydrogen-bond acceptors (Lipinski definition) is 4. The van der Waals surface area contributed by atoms with E-state index in [4.69, 9.17) is 4.74 Å². The van der Waals surface area contributed by atoms with E-state index in [0.29, 0.717) is 18.3 Å². The van der Waals surface area contributed by atoms with Crippen LogP contribution in [0.15, 0.2) is 29.6 Å². The number of likely N-dealkylation sites (tertiary alicyclic amines) is 1. The first-order chi connectivity index (χ1) is 11.6. The molecule has 2 saturated heterocycles. The molecule has 0 unspecified atom stereocenters. The summed E-state index contributed by atoms with van der Waals surface area (Å²) in [6, 6.07) is 8.33. The number of ether oxygens (including phenoxy) is 1. The van der Waals surface area contributed by atoms with Crippen LogP contribution in [0.2, 0.25) is 0 Å². The van der Waals surface area contributed by atoms with Gasteiger partial charge >= 0.3 is 0 Å². The third-order valence-electron chi connectivity index (χ3n) is 5.29. The first-order valence-electron chi connectivity index (χ1n) is 8.61. The maximum Gasteiger partial charge on any atom is 0.227 e. The smallest absolute Gasteiger partial charge is 0.227 e. The first kappa shape index (κ1) is 16.1. The highest BCUT2D eigenvalue weighted by atomic mass is 32.1. The Balaban J connectivity index is 1.43. The highest BCUT2D eigenvalue weighted by Crippen LogP contribution is 2.34. The SMILES string of the molecule is CN(C)C[C@@H]1CO[C@@H]2CN(C(=O)Cc3csc4ccccc34)C[C@H]12. The fourth-order valence-electron chi connectivity index (χ4n) is 4.10. The normalized spacial score (nSPS) is 26.5. The van der Waals surface area contributed by atoms with Gasteiger partial charge in [0.25, 0.3) is 0 Å². The van der Waals surface area contributed by atoms with Crippen LogP contribution in [-0.2, 0) is 16.0 Å². The molecule has 4 rings (SSSR count). The Labute approximate surface area is 147 Å². The summed E-state index contributed by atoms with van der Waals surface area (Å²) >= 11 is 1.72. The highest BCUT2D eigenvalue weighted by molar-refractivity contribution is 7.17. The highest BCUT2D eigenvalue weighted by Gasteiger charge is 2.45.